The second-order valence-electron chi connectivity index (χ2n) is 8.15. The standard InChI is InChI=1S/C16H26N2O4S/c1-15(4-5-15)14(19)18-10-16(11-18)12-23(20,21)13(9-22-16)8-17-6-2-3-7-17/h13H,2-12H2,1H3/t13-/m0/s1. The highest BCUT2D eigenvalue weighted by molar-refractivity contribution is 7.92. The SMILES string of the molecule is CC1(C(=O)N2CC3(C2)CS(=O)(=O)[C@@H](CN2CCCC2)CO3)CC1. The zero-order valence-electron chi connectivity index (χ0n) is 13.8. The van der Waals surface area contributed by atoms with Gasteiger partial charge < -0.3 is 14.5 Å². The van der Waals surface area contributed by atoms with Gasteiger partial charge in [-0.25, -0.2) is 8.42 Å². The molecule has 7 heteroatoms. The summed E-state index contributed by atoms with van der Waals surface area (Å²) in [5, 5.41) is -0.406. The largest absolute Gasteiger partial charge is 0.369 e. The Kier molecular flexibility index (Phi) is 3.56. The quantitative estimate of drug-likeness (QED) is 0.737. The second-order valence-corrected chi connectivity index (χ2v) is 10.4. The van der Waals surface area contributed by atoms with Gasteiger partial charge in [0.15, 0.2) is 9.84 Å². The molecule has 0 bridgehead atoms. The third kappa shape index (κ3) is 2.81. The first kappa shape index (κ1) is 15.8. The van der Waals surface area contributed by atoms with Crippen LogP contribution in [0.1, 0.15) is 32.6 Å². The van der Waals surface area contributed by atoms with Crippen molar-refractivity contribution >= 4 is 15.7 Å². The van der Waals surface area contributed by atoms with Crippen LogP contribution in [0.3, 0.4) is 0 Å². The maximum atomic E-state index is 12.7. The average molecular weight is 342 g/mol. The number of hydrogen-bond donors (Lipinski definition) is 0. The van der Waals surface area contributed by atoms with Crippen LogP contribution >= 0.6 is 0 Å². The van der Waals surface area contributed by atoms with E-state index in [-0.39, 0.29) is 23.7 Å². The van der Waals surface area contributed by atoms with E-state index in [1.54, 1.807) is 4.90 Å². The minimum atomic E-state index is -3.15. The smallest absolute Gasteiger partial charge is 0.228 e. The molecule has 4 fully saturated rings. The van der Waals surface area contributed by atoms with Crippen molar-refractivity contribution in [2.24, 2.45) is 5.41 Å². The van der Waals surface area contributed by atoms with E-state index in [0.717, 1.165) is 38.8 Å². The van der Waals surface area contributed by atoms with Crippen molar-refractivity contribution in [3.05, 3.63) is 0 Å². The molecule has 1 spiro atoms. The molecule has 1 saturated carbocycles. The Balaban J connectivity index is 1.36. The molecule has 6 nitrogen and oxygen atoms in total. The number of ether oxygens (including phenoxy) is 1. The number of nitrogens with zero attached hydrogens (tertiary/aromatic N) is 2. The number of carbonyl (C=O) groups is 1. The molecule has 0 aromatic heterocycles. The predicted molar refractivity (Wildman–Crippen MR) is 85.9 cm³/mol. The maximum absolute atomic E-state index is 12.7. The lowest BCUT2D eigenvalue weighted by molar-refractivity contribution is -0.169. The van der Waals surface area contributed by atoms with Gasteiger partial charge >= 0.3 is 0 Å². The van der Waals surface area contributed by atoms with Gasteiger partial charge in [0.25, 0.3) is 0 Å². The van der Waals surface area contributed by atoms with Crippen LogP contribution in [0, 0.1) is 5.41 Å². The molecule has 1 aliphatic carbocycles. The van der Waals surface area contributed by atoms with Crippen LogP contribution in [0.15, 0.2) is 0 Å². The average Bonchev–Trinajstić information content (AvgIpc) is 2.99. The van der Waals surface area contributed by atoms with Crippen molar-refractivity contribution in [1.82, 2.24) is 9.80 Å². The summed E-state index contributed by atoms with van der Waals surface area (Å²) in [6, 6.07) is 0. The molecule has 0 aromatic rings. The van der Waals surface area contributed by atoms with Gasteiger partial charge in [0.05, 0.1) is 30.7 Å². The molecule has 4 aliphatic rings. The normalized spacial score (nSPS) is 34.3. The number of amides is 1. The fraction of sp³-hybridized carbons (Fsp3) is 0.938. The zero-order valence-corrected chi connectivity index (χ0v) is 14.6. The van der Waals surface area contributed by atoms with Gasteiger partial charge in [0.2, 0.25) is 5.91 Å². The summed E-state index contributed by atoms with van der Waals surface area (Å²) in [5.41, 5.74) is -0.825. The highest BCUT2D eigenvalue weighted by Gasteiger charge is 2.57. The lowest BCUT2D eigenvalue weighted by atomic mass is 9.93. The van der Waals surface area contributed by atoms with E-state index in [1.807, 2.05) is 6.92 Å². The summed E-state index contributed by atoms with van der Waals surface area (Å²) in [7, 11) is -3.15. The Morgan fingerprint density at radius 3 is 2.43 bits per heavy atom. The van der Waals surface area contributed by atoms with Crippen LogP contribution in [0.5, 0.6) is 0 Å². The van der Waals surface area contributed by atoms with Crippen molar-refractivity contribution in [3.8, 4) is 0 Å². The Bertz CT molecular complexity index is 602. The van der Waals surface area contributed by atoms with E-state index < -0.39 is 20.7 Å². The first-order valence-corrected chi connectivity index (χ1v) is 10.4. The van der Waals surface area contributed by atoms with Gasteiger partial charge in [0.1, 0.15) is 5.60 Å². The lowest BCUT2D eigenvalue weighted by Crippen LogP contribution is -2.71. The number of rotatable bonds is 3. The van der Waals surface area contributed by atoms with E-state index >= 15 is 0 Å². The molecule has 0 radical (unpaired) electrons. The minimum Gasteiger partial charge on any atom is -0.369 e. The van der Waals surface area contributed by atoms with Gasteiger partial charge in [-0.15, -0.1) is 0 Å². The number of likely N-dealkylation sites (tertiary alicyclic amines) is 2. The van der Waals surface area contributed by atoms with E-state index in [0.29, 0.717) is 19.6 Å². The third-order valence-corrected chi connectivity index (χ3v) is 8.20. The Morgan fingerprint density at radius 1 is 1.22 bits per heavy atom. The number of sulfone groups is 1. The Labute approximate surface area is 138 Å². The molecule has 0 N–H and O–H groups in total. The van der Waals surface area contributed by atoms with Gasteiger partial charge in [-0.3, -0.25) is 4.79 Å². The van der Waals surface area contributed by atoms with Crippen LogP contribution in [-0.2, 0) is 19.4 Å². The first-order chi connectivity index (χ1) is 10.8. The third-order valence-electron chi connectivity index (χ3n) is 5.97. The summed E-state index contributed by atoms with van der Waals surface area (Å²) in [6.07, 6.45) is 4.22. The molecule has 1 atom stereocenters. The summed E-state index contributed by atoms with van der Waals surface area (Å²) >= 11 is 0. The summed E-state index contributed by atoms with van der Waals surface area (Å²) < 4.78 is 31.3. The molecule has 1 amide bonds. The lowest BCUT2D eigenvalue weighted by Gasteiger charge is -2.53. The van der Waals surface area contributed by atoms with Crippen molar-refractivity contribution in [1.29, 1.82) is 0 Å². The monoisotopic (exact) mass is 342 g/mol. The van der Waals surface area contributed by atoms with Crippen LogP contribution in [0.25, 0.3) is 0 Å². The summed E-state index contributed by atoms with van der Waals surface area (Å²) in [6.45, 7) is 5.74. The van der Waals surface area contributed by atoms with Crippen molar-refractivity contribution in [2.75, 3.05) is 45.1 Å². The Hall–Kier alpha value is -0.660. The molecular weight excluding hydrogens is 316 g/mol. The second kappa shape index (κ2) is 5.17. The molecular formula is C16H26N2O4S. The fourth-order valence-corrected chi connectivity index (χ4v) is 6.03. The van der Waals surface area contributed by atoms with Crippen molar-refractivity contribution in [2.45, 2.75) is 43.5 Å². The maximum Gasteiger partial charge on any atom is 0.228 e. The zero-order chi connectivity index (χ0) is 16.3. The summed E-state index contributed by atoms with van der Waals surface area (Å²) in [5.74, 6) is 0.238. The minimum absolute atomic E-state index is 0.0685. The van der Waals surface area contributed by atoms with Gasteiger partial charge in [-0.05, 0) is 38.8 Å². The van der Waals surface area contributed by atoms with Gasteiger partial charge in [-0.2, -0.15) is 0 Å². The van der Waals surface area contributed by atoms with Crippen LogP contribution in [0.4, 0.5) is 0 Å². The molecule has 0 aromatic carbocycles. The molecule has 3 saturated heterocycles. The topological polar surface area (TPSA) is 66.9 Å². The van der Waals surface area contributed by atoms with E-state index in [9.17, 15) is 13.2 Å². The Morgan fingerprint density at radius 2 is 1.87 bits per heavy atom. The van der Waals surface area contributed by atoms with E-state index in [1.165, 1.54) is 0 Å². The predicted octanol–water partition coefficient (Wildman–Crippen LogP) is 0.277. The van der Waals surface area contributed by atoms with Crippen molar-refractivity contribution < 1.29 is 17.9 Å². The number of hydrogen-bond acceptors (Lipinski definition) is 5. The molecule has 4 rings (SSSR count). The van der Waals surface area contributed by atoms with E-state index in [2.05, 4.69) is 4.90 Å². The highest BCUT2D eigenvalue weighted by atomic mass is 32.2. The molecule has 0 unspecified atom stereocenters. The fourth-order valence-electron chi connectivity index (χ4n) is 4.08. The van der Waals surface area contributed by atoms with Crippen LogP contribution < -0.4 is 0 Å². The number of carbonyl (C=O) groups excluding carboxylic acids is 1. The highest BCUT2D eigenvalue weighted by Crippen LogP contribution is 2.48. The van der Waals surface area contributed by atoms with Crippen molar-refractivity contribution in [3.63, 3.8) is 0 Å². The van der Waals surface area contributed by atoms with Crippen LogP contribution in [0.2, 0.25) is 0 Å². The molecule has 3 aliphatic heterocycles. The van der Waals surface area contributed by atoms with E-state index in [4.69, 9.17) is 4.74 Å². The molecule has 3 heterocycles. The van der Waals surface area contributed by atoms with Gasteiger partial charge in [-0.1, -0.05) is 6.92 Å². The molecule has 23 heavy (non-hydrogen) atoms. The van der Waals surface area contributed by atoms with Gasteiger partial charge in [0, 0.05) is 12.0 Å². The molecule has 130 valence electrons. The first-order valence-electron chi connectivity index (χ1n) is 8.69. The summed E-state index contributed by atoms with van der Waals surface area (Å²) in [4.78, 5) is 16.3. The van der Waals surface area contributed by atoms with Crippen LogP contribution in [-0.4, -0.2) is 80.1 Å².